The van der Waals surface area contributed by atoms with Crippen molar-refractivity contribution in [3.05, 3.63) is 71.3 Å². The van der Waals surface area contributed by atoms with Crippen molar-refractivity contribution in [1.29, 1.82) is 0 Å². The quantitative estimate of drug-likeness (QED) is 0.641. The van der Waals surface area contributed by atoms with Crippen LogP contribution >= 0.6 is 0 Å². The van der Waals surface area contributed by atoms with Gasteiger partial charge in [-0.2, -0.15) is 5.06 Å². The van der Waals surface area contributed by atoms with Crippen LogP contribution in [0.2, 0.25) is 0 Å². The number of rotatable bonds is 4. The maximum atomic E-state index is 12.3. The maximum Gasteiger partial charge on any atom is 0.280 e. The molecular weight excluding hydrogens is 278 g/mol. The molecule has 0 aliphatic carbocycles. The Hall–Kier alpha value is -2.46. The molecule has 2 aromatic carbocycles. The Bertz CT molecular complexity index is 709. The SMILES string of the molecule is CCC1(C)ON1C(=O)c1ccc(C(=O)c2ccccc2)cc1. The molecule has 1 aliphatic rings. The molecule has 0 N–H and O–H groups in total. The van der Waals surface area contributed by atoms with Crippen molar-refractivity contribution in [2.75, 3.05) is 0 Å². The van der Waals surface area contributed by atoms with Crippen molar-refractivity contribution in [3.63, 3.8) is 0 Å². The van der Waals surface area contributed by atoms with Crippen molar-refractivity contribution in [2.24, 2.45) is 0 Å². The van der Waals surface area contributed by atoms with Crippen molar-refractivity contribution >= 4 is 11.7 Å². The molecule has 1 heterocycles. The van der Waals surface area contributed by atoms with Gasteiger partial charge < -0.3 is 0 Å². The molecule has 1 saturated heterocycles. The minimum atomic E-state index is -0.490. The summed E-state index contributed by atoms with van der Waals surface area (Å²) in [4.78, 5) is 29.9. The van der Waals surface area contributed by atoms with Crippen LogP contribution in [0.1, 0.15) is 46.5 Å². The lowest BCUT2D eigenvalue weighted by Gasteiger charge is -2.05. The number of benzene rings is 2. The van der Waals surface area contributed by atoms with Crippen LogP contribution in [0, 0.1) is 0 Å². The van der Waals surface area contributed by atoms with Crippen LogP contribution in [0.25, 0.3) is 0 Å². The van der Waals surface area contributed by atoms with Gasteiger partial charge in [-0.25, -0.2) is 4.84 Å². The van der Waals surface area contributed by atoms with Gasteiger partial charge in [0, 0.05) is 16.7 Å². The van der Waals surface area contributed by atoms with Gasteiger partial charge in [-0.3, -0.25) is 9.59 Å². The zero-order valence-electron chi connectivity index (χ0n) is 12.6. The number of carbonyl (C=O) groups excluding carboxylic acids is 2. The van der Waals surface area contributed by atoms with E-state index in [0.717, 1.165) is 6.42 Å². The summed E-state index contributed by atoms with van der Waals surface area (Å²) < 4.78 is 0. The Labute approximate surface area is 129 Å². The highest BCUT2D eigenvalue weighted by Gasteiger charge is 2.53. The lowest BCUT2D eigenvalue weighted by atomic mass is 10.0. The van der Waals surface area contributed by atoms with Crippen LogP contribution in [-0.2, 0) is 4.84 Å². The first kappa shape index (κ1) is 14.5. The van der Waals surface area contributed by atoms with E-state index in [1.807, 2.05) is 32.0 Å². The summed E-state index contributed by atoms with van der Waals surface area (Å²) in [5.74, 6) is -0.232. The number of hydroxylamine groups is 2. The summed E-state index contributed by atoms with van der Waals surface area (Å²) in [6.07, 6.45) is 0.739. The monoisotopic (exact) mass is 295 g/mol. The van der Waals surface area contributed by atoms with E-state index in [-0.39, 0.29) is 11.7 Å². The molecule has 112 valence electrons. The van der Waals surface area contributed by atoms with E-state index in [0.29, 0.717) is 16.7 Å². The molecule has 3 rings (SSSR count). The molecule has 1 atom stereocenters. The predicted molar refractivity (Wildman–Crippen MR) is 82.3 cm³/mol. The van der Waals surface area contributed by atoms with Crippen molar-refractivity contribution in [1.82, 2.24) is 5.06 Å². The minimum absolute atomic E-state index is 0.0547. The molecular formula is C18H17NO3. The third kappa shape index (κ3) is 2.53. The van der Waals surface area contributed by atoms with Gasteiger partial charge >= 0.3 is 0 Å². The van der Waals surface area contributed by atoms with Crippen LogP contribution in [-0.4, -0.2) is 22.5 Å². The number of carbonyl (C=O) groups is 2. The van der Waals surface area contributed by atoms with Gasteiger partial charge in [-0.1, -0.05) is 49.4 Å². The van der Waals surface area contributed by atoms with Gasteiger partial charge in [0.2, 0.25) is 0 Å². The van der Waals surface area contributed by atoms with E-state index in [1.54, 1.807) is 36.4 Å². The second-order valence-corrected chi connectivity index (χ2v) is 5.49. The fourth-order valence-electron chi connectivity index (χ4n) is 2.28. The predicted octanol–water partition coefficient (Wildman–Crippen LogP) is 3.43. The highest BCUT2D eigenvalue weighted by Crippen LogP contribution is 2.38. The van der Waals surface area contributed by atoms with Gasteiger partial charge in [0.05, 0.1) is 0 Å². The third-order valence-corrected chi connectivity index (χ3v) is 3.96. The van der Waals surface area contributed by atoms with E-state index < -0.39 is 5.72 Å². The molecule has 0 saturated carbocycles. The zero-order chi connectivity index (χ0) is 15.7. The summed E-state index contributed by atoms with van der Waals surface area (Å²) in [5, 5.41) is 1.38. The molecule has 4 nitrogen and oxygen atoms in total. The molecule has 0 aromatic heterocycles. The topological polar surface area (TPSA) is 49.7 Å². The third-order valence-electron chi connectivity index (χ3n) is 3.96. The first-order valence-corrected chi connectivity index (χ1v) is 7.28. The molecule has 22 heavy (non-hydrogen) atoms. The van der Waals surface area contributed by atoms with Crippen LogP contribution < -0.4 is 0 Å². The lowest BCUT2D eigenvalue weighted by Crippen LogP contribution is -2.20. The van der Waals surface area contributed by atoms with E-state index in [9.17, 15) is 9.59 Å². The standard InChI is InChI=1S/C18H17NO3/c1-3-18(2)19(22-18)17(21)15-11-9-14(10-12-15)16(20)13-7-5-4-6-8-13/h4-12H,3H2,1-2H3. The van der Waals surface area contributed by atoms with Gasteiger partial charge in [0.25, 0.3) is 5.91 Å². The minimum Gasteiger partial charge on any atom is -0.289 e. The Balaban J connectivity index is 1.76. The highest BCUT2D eigenvalue weighted by atomic mass is 16.9. The first-order valence-electron chi connectivity index (χ1n) is 7.28. The Kier molecular flexibility index (Phi) is 3.54. The first-order chi connectivity index (χ1) is 10.5. The van der Waals surface area contributed by atoms with Crippen LogP contribution in [0.15, 0.2) is 54.6 Å². The molecule has 1 amide bonds. The molecule has 1 fully saturated rings. The van der Waals surface area contributed by atoms with Crippen LogP contribution in [0.5, 0.6) is 0 Å². The maximum absolute atomic E-state index is 12.3. The molecule has 1 unspecified atom stereocenters. The molecule has 0 bridgehead atoms. The Morgan fingerprint density at radius 3 is 2.05 bits per heavy atom. The smallest absolute Gasteiger partial charge is 0.280 e. The summed E-state index contributed by atoms with van der Waals surface area (Å²) in [6, 6.07) is 15.8. The van der Waals surface area contributed by atoms with Gasteiger partial charge in [0.15, 0.2) is 11.5 Å². The average Bonchev–Trinajstić information content (AvgIpc) is 3.27. The second kappa shape index (κ2) is 5.39. The van der Waals surface area contributed by atoms with Crippen molar-refractivity contribution in [3.8, 4) is 0 Å². The molecule has 1 aliphatic heterocycles. The summed E-state index contributed by atoms with van der Waals surface area (Å²) in [5.41, 5.74) is 1.22. The molecule has 4 heteroatoms. The number of ketones is 1. The van der Waals surface area contributed by atoms with Crippen molar-refractivity contribution in [2.45, 2.75) is 26.0 Å². The fraction of sp³-hybridized carbons (Fsp3) is 0.222. The van der Waals surface area contributed by atoms with E-state index in [1.165, 1.54) is 5.06 Å². The normalized spacial score (nSPS) is 19.8. The summed E-state index contributed by atoms with van der Waals surface area (Å²) in [7, 11) is 0. The number of hydrogen-bond donors (Lipinski definition) is 0. The Morgan fingerprint density at radius 2 is 1.50 bits per heavy atom. The van der Waals surface area contributed by atoms with Gasteiger partial charge in [0.1, 0.15) is 0 Å². The van der Waals surface area contributed by atoms with E-state index in [4.69, 9.17) is 4.84 Å². The second-order valence-electron chi connectivity index (χ2n) is 5.49. The zero-order valence-corrected chi connectivity index (χ0v) is 12.6. The van der Waals surface area contributed by atoms with E-state index in [2.05, 4.69) is 0 Å². The van der Waals surface area contributed by atoms with E-state index >= 15 is 0 Å². The van der Waals surface area contributed by atoms with Gasteiger partial charge in [-0.05, 0) is 25.5 Å². The van der Waals surface area contributed by atoms with Gasteiger partial charge in [-0.15, -0.1) is 0 Å². The Morgan fingerprint density at radius 1 is 0.955 bits per heavy atom. The highest BCUT2D eigenvalue weighted by molar-refractivity contribution is 6.09. The molecule has 0 spiro atoms. The average molecular weight is 295 g/mol. The molecule has 0 radical (unpaired) electrons. The largest absolute Gasteiger partial charge is 0.289 e. The summed E-state index contributed by atoms with van der Waals surface area (Å²) in [6.45, 7) is 3.84. The van der Waals surface area contributed by atoms with Crippen LogP contribution in [0.3, 0.4) is 0 Å². The lowest BCUT2D eigenvalue weighted by molar-refractivity contribution is 0.0712. The number of hydrogen-bond acceptors (Lipinski definition) is 3. The summed E-state index contributed by atoms with van der Waals surface area (Å²) >= 11 is 0. The van der Waals surface area contributed by atoms with Crippen molar-refractivity contribution < 1.29 is 14.4 Å². The number of nitrogens with zero attached hydrogens (tertiary/aromatic N) is 1. The number of amides is 1. The fourth-order valence-corrected chi connectivity index (χ4v) is 2.28. The van der Waals surface area contributed by atoms with Crippen LogP contribution in [0.4, 0.5) is 0 Å². The molecule has 2 aromatic rings.